The van der Waals surface area contributed by atoms with Crippen molar-refractivity contribution in [2.75, 3.05) is 18.8 Å². The van der Waals surface area contributed by atoms with E-state index in [0.717, 1.165) is 56.4 Å². The molecule has 0 aromatic heterocycles. The lowest BCUT2D eigenvalue weighted by Gasteiger charge is -2.30. The summed E-state index contributed by atoms with van der Waals surface area (Å²) in [6, 6.07) is 0.414. The Morgan fingerprint density at radius 2 is 2.09 bits per heavy atom. The highest BCUT2D eigenvalue weighted by molar-refractivity contribution is 7.85. The summed E-state index contributed by atoms with van der Waals surface area (Å²) in [5.74, 6) is 2.45. The Morgan fingerprint density at radius 1 is 1.32 bits per heavy atom. The molecule has 0 radical (unpaired) electrons. The van der Waals surface area contributed by atoms with E-state index in [-0.39, 0.29) is 0 Å². The number of aliphatic imine (C=N–C) groups is 1. The second-order valence-corrected chi connectivity index (χ2v) is 8.60. The molecule has 3 unspecified atom stereocenters. The van der Waals surface area contributed by atoms with Gasteiger partial charge in [0.2, 0.25) is 0 Å². The summed E-state index contributed by atoms with van der Waals surface area (Å²) in [6.45, 7) is 10.4. The Hall–Kier alpha value is -0.580. The fourth-order valence-electron chi connectivity index (χ4n) is 2.95. The molecule has 0 aromatic rings. The normalized spacial score (nSPS) is 24.3. The van der Waals surface area contributed by atoms with Crippen molar-refractivity contribution in [3.63, 3.8) is 0 Å². The van der Waals surface area contributed by atoms with Crippen molar-refractivity contribution in [3.05, 3.63) is 0 Å². The third kappa shape index (κ3) is 7.61. The van der Waals surface area contributed by atoms with Gasteiger partial charge in [0.25, 0.3) is 0 Å². The SMILES string of the molecule is CCNC(=NCCCC(C)C)NC1CCCC(S(=O)CC)C1. The summed E-state index contributed by atoms with van der Waals surface area (Å²) < 4.78 is 12.0. The highest BCUT2D eigenvalue weighted by Gasteiger charge is 2.25. The monoisotopic (exact) mass is 329 g/mol. The lowest BCUT2D eigenvalue weighted by Crippen LogP contribution is -2.46. The van der Waals surface area contributed by atoms with Crippen LogP contribution in [0.3, 0.4) is 0 Å². The number of hydrogen-bond acceptors (Lipinski definition) is 2. The number of nitrogens with zero attached hydrogens (tertiary/aromatic N) is 1. The fraction of sp³-hybridized carbons (Fsp3) is 0.941. The molecule has 1 rings (SSSR count). The van der Waals surface area contributed by atoms with Crippen molar-refractivity contribution >= 4 is 16.8 Å². The van der Waals surface area contributed by atoms with E-state index in [9.17, 15) is 4.21 Å². The first kappa shape index (κ1) is 19.5. The van der Waals surface area contributed by atoms with Crippen LogP contribution in [0.1, 0.15) is 66.2 Å². The summed E-state index contributed by atoms with van der Waals surface area (Å²) in [7, 11) is -0.665. The van der Waals surface area contributed by atoms with Gasteiger partial charge >= 0.3 is 0 Å². The first-order valence-electron chi connectivity index (χ1n) is 8.98. The van der Waals surface area contributed by atoms with E-state index in [0.29, 0.717) is 11.3 Å². The largest absolute Gasteiger partial charge is 0.357 e. The van der Waals surface area contributed by atoms with Gasteiger partial charge in [0.15, 0.2) is 5.96 Å². The van der Waals surface area contributed by atoms with Gasteiger partial charge in [-0.2, -0.15) is 0 Å². The van der Waals surface area contributed by atoms with Gasteiger partial charge in [-0.05, 0) is 44.9 Å². The molecule has 0 saturated heterocycles. The second-order valence-electron chi connectivity index (χ2n) is 6.60. The molecule has 0 aliphatic heterocycles. The van der Waals surface area contributed by atoms with Crippen LogP contribution in [0.4, 0.5) is 0 Å². The van der Waals surface area contributed by atoms with Gasteiger partial charge in [0.05, 0.1) is 0 Å². The van der Waals surface area contributed by atoms with Crippen LogP contribution in [0.25, 0.3) is 0 Å². The predicted octanol–water partition coefficient (Wildman–Crippen LogP) is 3.06. The zero-order valence-corrected chi connectivity index (χ0v) is 15.7. The van der Waals surface area contributed by atoms with Crippen molar-refractivity contribution in [1.29, 1.82) is 0 Å². The Kier molecular flexibility index (Phi) is 9.76. The quantitative estimate of drug-likeness (QED) is 0.409. The van der Waals surface area contributed by atoms with Crippen LogP contribution in [0, 0.1) is 5.92 Å². The zero-order chi connectivity index (χ0) is 16.4. The van der Waals surface area contributed by atoms with Gasteiger partial charge in [-0.15, -0.1) is 0 Å². The van der Waals surface area contributed by atoms with Crippen LogP contribution in [-0.4, -0.2) is 40.3 Å². The van der Waals surface area contributed by atoms with E-state index < -0.39 is 10.8 Å². The number of nitrogens with one attached hydrogen (secondary N) is 2. The van der Waals surface area contributed by atoms with E-state index in [1.165, 1.54) is 12.8 Å². The lowest BCUT2D eigenvalue weighted by atomic mass is 9.95. The van der Waals surface area contributed by atoms with E-state index in [1.807, 2.05) is 6.92 Å². The molecule has 1 saturated carbocycles. The summed E-state index contributed by atoms with van der Waals surface area (Å²) in [5.41, 5.74) is 0. The van der Waals surface area contributed by atoms with Crippen LogP contribution in [-0.2, 0) is 10.8 Å². The van der Waals surface area contributed by atoms with Crippen LogP contribution < -0.4 is 10.6 Å². The van der Waals surface area contributed by atoms with Crippen molar-refractivity contribution in [3.8, 4) is 0 Å². The summed E-state index contributed by atoms with van der Waals surface area (Å²) >= 11 is 0. The van der Waals surface area contributed by atoms with Crippen LogP contribution in [0.2, 0.25) is 0 Å². The van der Waals surface area contributed by atoms with Crippen LogP contribution >= 0.6 is 0 Å². The van der Waals surface area contributed by atoms with Crippen molar-refractivity contribution in [1.82, 2.24) is 10.6 Å². The molecule has 0 heterocycles. The standard InChI is InChI=1S/C17H35N3OS/c1-5-18-17(19-12-8-9-14(3)4)20-15-10-7-11-16(13-15)22(21)6-2/h14-16H,5-13H2,1-4H3,(H2,18,19,20). The van der Waals surface area contributed by atoms with Crippen LogP contribution in [0.15, 0.2) is 4.99 Å². The average Bonchev–Trinajstić information content (AvgIpc) is 2.51. The number of hydrogen-bond donors (Lipinski definition) is 2. The molecule has 5 heteroatoms. The maximum absolute atomic E-state index is 12.0. The van der Waals surface area contributed by atoms with Gasteiger partial charge in [0.1, 0.15) is 0 Å². The third-order valence-electron chi connectivity index (χ3n) is 4.18. The summed E-state index contributed by atoms with van der Waals surface area (Å²) in [6.07, 6.45) is 6.82. The summed E-state index contributed by atoms with van der Waals surface area (Å²) in [4.78, 5) is 4.69. The second kappa shape index (κ2) is 11.0. The molecule has 130 valence electrons. The molecule has 0 bridgehead atoms. The molecule has 4 nitrogen and oxygen atoms in total. The Balaban J connectivity index is 2.47. The van der Waals surface area contributed by atoms with Gasteiger partial charge in [-0.1, -0.05) is 27.2 Å². The van der Waals surface area contributed by atoms with Gasteiger partial charge in [-0.3, -0.25) is 9.20 Å². The number of guanidine groups is 1. The van der Waals surface area contributed by atoms with Gasteiger partial charge in [0, 0.05) is 40.9 Å². The van der Waals surface area contributed by atoms with Crippen molar-refractivity contribution < 1.29 is 4.21 Å². The highest BCUT2D eigenvalue weighted by Crippen LogP contribution is 2.22. The first-order valence-corrected chi connectivity index (χ1v) is 10.4. The minimum Gasteiger partial charge on any atom is -0.357 e. The smallest absolute Gasteiger partial charge is 0.191 e. The molecule has 1 aliphatic rings. The van der Waals surface area contributed by atoms with Gasteiger partial charge < -0.3 is 10.6 Å². The molecule has 3 atom stereocenters. The topological polar surface area (TPSA) is 53.5 Å². The molecule has 0 amide bonds. The Labute approximate surface area is 139 Å². The van der Waals surface area contributed by atoms with E-state index in [4.69, 9.17) is 0 Å². The Morgan fingerprint density at radius 3 is 2.73 bits per heavy atom. The molecular formula is C17H35N3OS. The summed E-state index contributed by atoms with van der Waals surface area (Å²) in [5, 5.41) is 7.26. The minimum atomic E-state index is -0.665. The molecule has 22 heavy (non-hydrogen) atoms. The predicted molar refractivity (Wildman–Crippen MR) is 97.9 cm³/mol. The molecule has 1 fully saturated rings. The Bertz CT molecular complexity index is 358. The molecular weight excluding hydrogens is 294 g/mol. The van der Waals surface area contributed by atoms with Crippen molar-refractivity contribution in [2.24, 2.45) is 10.9 Å². The average molecular weight is 330 g/mol. The molecule has 0 spiro atoms. The molecule has 0 aromatic carbocycles. The van der Waals surface area contributed by atoms with E-state index in [2.05, 4.69) is 36.4 Å². The molecule has 2 N–H and O–H groups in total. The first-order chi connectivity index (χ1) is 10.6. The zero-order valence-electron chi connectivity index (χ0n) is 14.9. The van der Waals surface area contributed by atoms with Gasteiger partial charge in [-0.25, -0.2) is 0 Å². The van der Waals surface area contributed by atoms with E-state index in [1.54, 1.807) is 0 Å². The van der Waals surface area contributed by atoms with Crippen molar-refractivity contribution in [2.45, 2.75) is 77.5 Å². The molecule has 1 aliphatic carbocycles. The highest BCUT2D eigenvalue weighted by atomic mass is 32.2. The van der Waals surface area contributed by atoms with Crippen LogP contribution in [0.5, 0.6) is 0 Å². The minimum absolute atomic E-state index is 0.361. The maximum atomic E-state index is 12.0. The lowest BCUT2D eigenvalue weighted by molar-refractivity contribution is 0.413. The fourth-order valence-corrected chi connectivity index (χ4v) is 4.30. The number of rotatable bonds is 8. The van der Waals surface area contributed by atoms with E-state index >= 15 is 0 Å². The third-order valence-corrected chi connectivity index (χ3v) is 5.92. The maximum Gasteiger partial charge on any atom is 0.191 e.